The molecule has 0 aromatic heterocycles. The Balaban J connectivity index is 3.09. The Morgan fingerprint density at radius 1 is 1.38 bits per heavy atom. The van der Waals surface area contributed by atoms with Crippen molar-refractivity contribution < 1.29 is 9.18 Å². The molecule has 0 heterocycles. The smallest absolute Gasteiger partial charge is 0.190 e. The molecule has 0 unspecified atom stereocenters. The first-order chi connectivity index (χ1) is 6.02. The molecule has 0 saturated carbocycles. The van der Waals surface area contributed by atoms with Crippen LogP contribution in [0.1, 0.15) is 10.4 Å². The van der Waals surface area contributed by atoms with E-state index < -0.39 is 9.55 Å². The normalized spacial score (nSPS) is 10.5. The monoisotopic (exact) mass is 372 g/mol. The summed E-state index contributed by atoms with van der Waals surface area (Å²) < 4.78 is 13.2. The Kier molecular flexibility index (Phi) is 4.06. The fraction of sp³-hybridized carbons (Fsp3) is 0.125. The maximum atomic E-state index is 13.2. The minimum atomic E-state index is -0.546. The van der Waals surface area contributed by atoms with Crippen LogP contribution in [0.4, 0.5) is 4.39 Å². The van der Waals surface area contributed by atoms with E-state index in [-0.39, 0.29) is 11.3 Å². The van der Waals surface area contributed by atoms with Crippen molar-refractivity contribution in [2.24, 2.45) is 0 Å². The lowest BCUT2D eigenvalue weighted by Gasteiger charge is -2.02. The van der Waals surface area contributed by atoms with Gasteiger partial charge < -0.3 is 0 Å². The van der Waals surface area contributed by atoms with Crippen LogP contribution in [0, 0.1) is 5.82 Å². The molecule has 1 nitrogen and oxygen atoms in total. The quantitative estimate of drug-likeness (QED) is 0.567. The van der Waals surface area contributed by atoms with E-state index in [4.69, 9.17) is 0 Å². The number of Topliss-reactive ketones (excluding diaryl/α,β-unsaturated/α-hetero) is 1. The van der Waals surface area contributed by atoms with Gasteiger partial charge in [0.05, 0.1) is 5.56 Å². The molecule has 0 radical (unpaired) electrons. The van der Waals surface area contributed by atoms with Crippen molar-refractivity contribution in [3.05, 3.63) is 34.1 Å². The SMILES string of the molecule is O=C(c1ccc(Br)cc1F)C(Br)Br. The van der Waals surface area contributed by atoms with E-state index in [1.807, 2.05) is 0 Å². The van der Waals surface area contributed by atoms with E-state index in [1.54, 1.807) is 6.07 Å². The van der Waals surface area contributed by atoms with Crippen LogP contribution in [0.25, 0.3) is 0 Å². The second-order valence-corrected chi connectivity index (χ2v) is 6.26. The van der Waals surface area contributed by atoms with Crippen LogP contribution in [0.15, 0.2) is 22.7 Å². The van der Waals surface area contributed by atoms with E-state index in [2.05, 4.69) is 47.8 Å². The van der Waals surface area contributed by atoms with Gasteiger partial charge in [0.25, 0.3) is 0 Å². The van der Waals surface area contributed by atoms with Gasteiger partial charge in [-0.1, -0.05) is 47.8 Å². The summed E-state index contributed by atoms with van der Waals surface area (Å²) in [6.07, 6.45) is 0. The molecule has 0 bridgehead atoms. The van der Waals surface area contributed by atoms with Crippen LogP contribution in [0.3, 0.4) is 0 Å². The Morgan fingerprint density at radius 2 is 2.00 bits per heavy atom. The van der Waals surface area contributed by atoms with E-state index in [0.717, 1.165) is 0 Å². The minimum absolute atomic E-state index is 0.0713. The van der Waals surface area contributed by atoms with E-state index in [0.29, 0.717) is 4.47 Å². The van der Waals surface area contributed by atoms with Gasteiger partial charge in [0, 0.05) is 4.47 Å². The van der Waals surface area contributed by atoms with Crippen LogP contribution in [-0.4, -0.2) is 9.52 Å². The lowest BCUT2D eigenvalue weighted by Crippen LogP contribution is -2.09. The van der Waals surface area contributed by atoms with Crippen molar-refractivity contribution in [1.82, 2.24) is 0 Å². The second-order valence-electron chi connectivity index (χ2n) is 2.29. The van der Waals surface area contributed by atoms with Gasteiger partial charge in [-0.25, -0.2) is 4.39 Å². The predicted octanol–water partition coefficient (Wildman–Crippen LogP) is 3.89. The maximum Gasteiger partial charge on any atom is 0.190 e. The molecule has 1 aromatic carbocycles. The fourth-order valence-electron chi connectivity index (χ4n) is 0.807. The topological polar surface area (TPSA) is 17.1 Å². The highest BCUT2D eigenvalue weighted by Crippen LogP contribution is 2.20. The summed E-state index contributed by atoms with van der Waals surface area (Å²) in [6.45, 7) is 0. The summed E-state index contributed by atoms with van der Waals surface area (Å²) in [5, 5.41) is 0. The molecular weight excluding hydrogens is 371 g/mol. The summed E-state index contributed by atoms with van der Waals surface area (Å²) in [6, 6.07) is 4.32. The summed E-state index contributed by atoms with van der Waals surface area (Å²) in [5.74, 6) is -0.853. The van der Waals surface area contributed by atoms with Gasteiger partial charge in [0.15, 0.2) is 5.78 Å². The molecule has 0 amide bonds. The van der Waals surface area contributed by atoms with Crippen molar-refractivity contribution in [1.29, 1.82) is 0 Å². The minimum Gasteiger partial charge on any atom is -0.292 e. The molecule has 1 aromatic rings. The van der Waals surface area contributed by atoms with Crippen molar-refractivity contribution >= 4 is 53.6 Å². The largest absolute Gasteiger partial charge is 0.292 e. The molecule has 0 atom stereocenters. The zero-order valence-electron chi connectivity index (χ0n) is 6.23. The molecule has 13 heavy (non-hydrogen) atoms. The maximum absolute atomic E-state index is 13.2. The number of carbonyl (C=O) groups excluding carboxylic acids is 1. The third-order valence-electron chi connectivity index (χ3n) is 1.39. The van der Waals surface area contributed by atoms with Gasteiger partial charge in [-0.05, 0) is 18.2 Å². The molecule has 70 valence electrons. The second kappa shape index (κ2) is 4.66. The summed E-state index contributed by atoms with van der Waals surface area (Å²) >= 11 is 9.14. The Hall–Kier alpha value is 0.260. The lowest BCUT2D eigenvalue weighted by molar-refractivity contribution is 0.101. The van der Waals surface area contributed by atoms with E-state index >= 15 is 0 Å². The van der Waals surface area contributed by atoms with Crippen LogP contribution < -0.4 is 0 Å². The zero-order chi connectivity index (χ0) is 10.0. The Morgan fingerprint density at radius 3 is 2.46 bits per heavy atom. The summed E-state index contributed by atoms with van der Waals surface area (Å²) in [7, 11) is 0. The van der Waals surface area contributed by atoms with Crippen molar-refractivity contribution in [2.75, 3.05) is 0 Å². The number of hydrogen-bond acceptors (Lipinski definition) is 1. The van der Waals surface area contributed by atoms with Gasteiger partial charge in [-0.15, -0.1) is 0 Å². The van der Waals surface area contributed by atoms with Crippen LogP contribution in [0.2, 0.25) is 0 Å². The third-order valence-corrected chi connectivity index (χ3v) is 2.72. The number of ketones is 1. The average Bonchev–Trinajstić information content (AvgIpc) is 2.03. The molecule has 0 N–H and O–H groups in total. The van der Waals surface area contributed by atoms with Gasteiger partial charge in [0.1, 0.15) is 9.55 Å². The van der Waals surface area contributed by atoms with Crippen molar-refractivity contribution in [3.8, 4) is 0 Å². The highest BCUT2D eigenvalue weighted by molar-refractivity contribution is 9.25. The van der Waals surface area contributed by atoms with E-state index in [9.17, 15) is 9.18 Å². The molecule has 0 saturated heterocycles. The van der Waals surface area contributed by atoms with Crippen LogP contribution in [0.5, 0.6) is 0 Å². The number of carbonyl (C=O) groups is 1. The molecule has 0 aliphatic heterocycles. The molecule has 5 heteroatoms. The molecular formula is C8H4Br3FO. The fourth-order valence-corrected chi connectivity index (χ4v) is 1.63. The highest BCUT2D eigenvalue weighted by atomic mass is 79.9. The standard InChI is InChI=1S/C8H4Br3FO/c9-4-1-2-5(6(12)3-4)7(13)8(10)11/h1-3,8H. The third kappa shape index (κ3) is 2.86. The van der Waals surface area contributed by atoms with Crippen molar-refractivity contribution in [2.45, 2.75) is 3.74 Å². The number of rotatable bonds is 2. The van der Waals surface area contributed by atoms with Gasteiger partial charge in [-0.3, -0.25) is 4.79 Å². The first-order valence-electron chi connectivity index (χ1n) is 3.30. The van der Waals surface area contributed by atoms with Gasteiger partial charge in [0.2, 0.25) is 0 Å². The Labute approximate surface area is 100 Å². The lowest BCUT2D eigenvalue weighted by atomic mass is 10.1. The van der Waals surface area contributed by atoms with Crippen LogP contribution in [-0.2, 0) is 0 Å². The van der Waals surface area contributed by atoms with Crippen LogP contribution >= 0.6 is 47.8 Å². The first kappa shape index (κ1) is 11.3. The molecule has 0 aliphatic carbocycles. The Bertz CT molecular complexity index is 338. The summed E-state index contributed by atoms with van der Waals surface area (Å²) in [5.41, 5.74) is 0.0713. The molecule has 1 rings (SSSR count). The number of hydrogen-bond donors (Lipinski definition) is 0. The predicted molar refractivity (Wildman–Crippen MR) is 60.1 cm³/mol. The van der Waals surface area contributed by atoms with Gasteiger partial charge >= 0.3 is 0 Å². The van der Waals surface area contributed by atoms with Gasteiger partial charge in [-0.2, -0.15) is 0 Å². The first-order valence-corrected chi connectivity index (χ1v) is 5.92. The molecule has 0 spiro atoms. The van der Waals surface area contributed by atoms with E-state index in [1.165, 1.54) is 12.1 Å². The number of halogens is 4. The zero-order valence-corrected chi connectivity index (χ0v) is 11.0. The summed E-state index contributed by atoms with van der Waals surface area (Å²) in [4.78, 5) is 11.3. The highest BCUT2D eigenvalue weighted by Gasteiger charge is 2.17. The number of benzene rings is 1. The average molecular weight is 375 g/mol. The molecule has 0 fully saturated rings. The molecule has 0 aliphatic rings. The van der Waals surface area contributed by atoms with Crippen molar-refractivity contribution in [3.63, 3.8) is 0 Å². The number of alkyl halides is 2.